The molecule has 88 valence electrons. The van der Waals surface area contributed by atoms with Gasteiger partial charge in [0.05, 0.1) is 6.10 Å². The van der Waals surface area contributed by atoms with Crippen LogP contribution in [0.4, 0.5) is 0 Å². The average Bonchev–Trinajstić information content (AvgIpc) is 2.38. The maximum Gasteiger partial charge on any atom is 0.0674 e. The van der Waals surface area contributed by atoms with E-state index < -0.39 is 0 Å². The fourth-order valence-electron chi connectivity index (χ4n) is 3.22. The number of nitrogens with zero attached hydrogens (tertiary/aromatic N) is 1. The van der Waals surface area contributed by atoms with E-state index in [4.69, 9.17) is 10.5 Å². The first-order valence-corrected chi connectivity index (χ1v) is 6.23. The van der Waals surface area contributed by atoms with E-state index >= 15 is 0 Å². The van der Waals surface area contributed by atoms with Crippen LogP contribution in [0.3, 0.4) is 0 Å². The van der Waals surface area contributed by atoms with E-state index in [0.29, 0.717) is 11.6 Å². The van der Waals surface area contributed by atoms with Crippen molar-refractivity contribution in [1.82, 2.24) is 4.90 Å². The number of hydrogen-bond donors (Lipinski definition) is 1. The van der Waals surface area contributed by atoms with E-state index in [0.717, 1.165) is 38.6 Å². The van der Waals surface area contributed by atoms with Crippen LogP contribution < -0.4 is 5.73 Å². The summed E-state index contributed by atoms with van der Waals surface area (Å²) in [6.07, 6.45) is 4.07. The molecular formula is C12H24N2O. The topological polar surface area (TPSA) is 38.5 Å². The monoisotopic (exact) mass is 212 g/mol. The Bertz CT molecular complexity index is 214. The van der Waals surface area contributed by atoms with Gasteiger partial charge in [0, 0.05) is 31.8 Å². The van der Waals surface area contributed by atoms with Crippen molar-refractivity contribution in [2.24, 2.45) is 11.7 Å². The molecular weight excluding hydrogens is 188 g/mol. The second-order valence-corrected chi connectivity index (χ2v) is 5.42. The average molecular weight is 212 g/mol. The molecule has 0 amide bonds. The summed E-state index contributed by atoms with van der Waals surface area (Å²) in [5, 5.41) is 0. The molecule has 0 bridgehead atoms. The lowest BCUT2D eigenvalue weighted by Gasteiger charge is -2.53. The van der Waals surface area contributed by atoms with Crippen LogP contribution in [-0.2, 0) is 4.74 Å². The van der Waals surface area contributed by atoms with Gasteiger partial charge in [-0.3, -0.25) is 4.90 Å². The Morgan fingerprint density at radius 3 is 2.73 bits per heavy atom. The highest BCUT2D eigenvalue weighted by molar-refractivity contribution is 5.02. The zero-order chi connectivity index (χ0) is 10.9. The maximum absolute atomic E-state index is 5.98. The van der Waals surface area contributed by atoms with Crippen molar-refractivity contribution in [2.75, 3.05) is 26.2 Å². The van der Waals surface area contributed by atoms with Crippen LogP contribution in [0.5, 0.6) is 0 Å². The number of ether oxygens (including phenoxy) is 1. The van der Waals surface area contributed by atoms with Gasteiger partial charge in [0.2, 0.25) is 0 Å². The maximum atomic E-state index is 5.98. The van der Waals surface area contributed by atoms with Crippen molar-refractivity contribution in [3.63, 3.8) is 0 Å². The molecule has 2 N–H and O–H groups in total. The first-order chi connectivity index (χ1) is 7.16. The van der Waals surface area contributed by atoms with E-state index in [-0.39, 0.29) is 0 Å². The lowest BCUT2D eigenvalue weighted by atomic mass is 9.68. The minimum Gasteiger partial charge on any atom is -0.377 e. The molecule has 1 atom stereocenters. The van der Waals surface area contributed by atoms with Gasteiger partial charge in [-0.1, -0.05) is 6.92 Å². The Morgan fingerprint density at radius 1 is 1.40 bits per heavy atom. The molecule has 1 saturated carbocycles. The molecule has 2 rings (SSSR count). The first-order valence-electron chi connectivity index (χ1n) is 6.23. The van der Waals surface area contributed by atoms with Crippen LogP contribution >= 0.6 is 0 Å². The third-order valence-electron chi connectivity index (χ3n) is 3.96. The number of nitrogens with two attached hydrogens (primary N) is 1. The summed E-state index contributed by atoms with van der Waals surface area (Å²) in [6.45, 7) is 8.44. The zero-order valence-corrected chi connectivity index (χ0v) is 10.0. The summed E-state index contributed by atoms with van der Waals surface area (Å²) in [4.78, 5) is 2.59. The van der Waals surface area contributed by atoms with Crippen LogP contribution in [-0.4, -0.2) is 42.8 Å². The molecule has 0 aromatic carbocycles. The summed E-state index contributed by atoms with van der Waals surface area (Å²) in [6, 6.07) is 0. The van der Waals surface area contributed by atoms with Gasteiger partial charge < -0.3 is 10.5 Å². The quantitative estimate of drug-likeness (QED) is 0.748. The number of hydrogen-bond acceptors (Lipinski definition) is 3. The van der Waals surface area contributed by atoms with Gasteiger partial charge >= 0.3 is 0 Å². The molecule has 0 spiro atoms. The Labute approximate surface area is 93.0 Å². The van der Waals surface area contributed by atoms with Gasteiger partial charge in [-0.2, -0.15) is 0 Å². The van der Waals surface area contributed by atoms with Gasteiger partial charge in [-0.15, -0.1) is 0 Å². The van der Waals surface area contributed by atoms with Gasteiger partial charge in [-0.25, -0.2) is 0 Å². The molecule has 3 nitrogen and oxygen atoms in total. The van der Waals surface area contributed by atoms with Crippen molar-refractivity contribution in [1.29, 1.82) is 0 Å². The van der Waals surface area contributed by atoms with Crippen LogP contribution in [0.25, 0.3) is 0 Å². The molecule has 0 aromatic rings. The van der Waals surface area contributed by atoms with Gasteiger partial charge in [0.25, 0.3) is 0 Å². The predicted octanol–water partition coefficient (Wildman–Crippen LogP) is 1.22. The molecule has 0 aromatic heterocycles. The largest absolute Gasteiger partial charge is 0.377 e. The fourth-order valence-corrected chi connectivity index (χ4v) is 3.22. The number of rotatable bonds is 2. The molecule has 15 heavy (non-hydrogen) atoms. The molecule has 0 radical (unpaired) electrons. The van der Waals surface area contributed by atoms with E-state index in [1.807, 2.05) is 0 Å². The second-order valence-electron chi connectivity index (χ2n) is 5.42. The van der Waals surface area contributed by atoms with Crippen LogP contribution in [0.1, 0.15) is 33.1 Å². The standard InChI is InChI=1S/C12H24N2O/c1-10-6-12(7-10,9-13)14-4-3-5-15-11(2)8-14/h10-11H,3-9,13H2,1-2H3. The SMILES string of the molecule is CC1CC(CN)(N2CCCOC(C)C2)C1. The molecule has 2 aliphatic rings. The molecule has 3 heteroatoms. The normalized spacial score (nSPS) is 43.4. The third-order valence-corrected chi connectivity index (χ3v) is 3.96. The zero-order valence-electron chi connectivity index (χ0n) is 10.0. The Hall–Kier alpha value is -0.120. The fraction of sp³-hybridized carbons (Fsp3) is 1.00. The van der Waals surface area contributed by atoms with Crippen molar-refractivity contribution in [3.8, 4) is 0 Å². The highest BCUT2D eigenvalue weighted by atomic mass is 16.5. The van der Waals surface area contributed by atoms with Crippen molar-refractivity contribution >= 4 is 0 Å². The smallest absolute Gasteiger partial charge is 0.0674 e. The molecule has 1 saturated heterocycles. The summed E-state index contributed by atoms with van der Waals surface area (Å²) in [5.74, 6) is 0.855. The highest BCUT2D eigenvalue weighted by Crippen LogP contribution is 2.42. The molecule has 2 fully saturated rings. The Morgan fingerprint density at radius 2 is 2.13 bits per heavy atom. The van der Waals surface area contributed by atoms with E-state index in [1.165, 1.54) is 12.8 Å². The summed E-state index contributed by atoms with van der Waals surface area (Å²) < 4.78 is 5.69. The molecule has 1 heterocycles. The first kappa shape index (κ1) is 11.4. The molecule has 1 aliphatic heterocycles. The lowest BCUT2D eigenvalue weighted by molar-refractivity contribution is -0.0270. The highest BCUT2D eigenvalue weighted by Gasteiger charge is 2.45. The summed E-state index contributed by atoms with van der Waals surface area (Å²) in [5.41, 5.74) is 6.28. The molecule has 1 unspecified atom stereocenters. The Kier molecular flexibility index (Phi) is 3.33. The van der Waals surface area contributed by atoms with E-state index in [2.05, 4.69) is 18.7 Å². The van der Waals surface area contributed by atoms with Crippen molar-refractivity contribution in [2.45, 2.75) is 44.8 Å². The lowest BCUT2D eigenvalue weighted by Crippen LogP contribution is -2.62. The second kappa shape index (κ2) is 4.40. The van der Waals surface area contributed by atoms with Crippen molar-refractivity contribution < 1.29 is 4.74 Å². The van der Waals surface area contributed by atoms with E-state index in [1.54, 1.807) is 0 Å². The molecule has 1 aliphatic carbocycles. The minimum atomic E-state index is 0.307. The van der Waals surface area contributed by atoms with E-state index in [9.17, 15) is 0 Å². The van der Waals surface area contributed by atoms with Crippen LogP contribution in [0, 0.1) is 5.92 Å². The third kappa shape index (κ3) is 2.19. The Balaban J connectivity index is 2.00. The predicted molar refractivity (Wildman–Crippen MR) is 61.8 cm³/mol. The van der Waals surface area contributed by atoms with Crippen LogP contribution in [0.15, 0.2) is 0 Å². The minimum absolute atomic E-state index is 0.307. The summed E-state index contributed by atoms with van der Waals surface area (Å²) >= 11 is 0. The summed E-state index contributed by atoms with van der Waals surface area (Å²) in [7, 11) is 0. The van der Waals surface area contributed by atoms with Crippen LogP contribution in [0.2, 0.25) is 0 Å². The van der Waals surface area contributed by atoms with Gasteiger partial charge in [0.15, 0.2) is 0 Å². The van der Waals surface area contributed by atoms with Gasteiger partial charge in [0.1, 0.15) is 0 Å². The van der Waals surface area contributed by atoms with Crippen molar-refractivity contribution in [3.05, 3.63) is 0 Å². The van der Waals surface area contributed by atoms with Gasteiger partial charge in [-0.05, 0) is 32.1 Å².